The van der Waals surface area contributed by atoms with E-state index in [4.69, 9.17) is 0 Å². The summed E-state index contributed by atoms with van der Waals surface area (Å²) in [5, 5.41) is 14.7. The Labute approximate surface area is 73.3 Å². The highest BCUT2D eigenvalue weighted by molar-refractivity contribution is 14.1. The van der Waals surface area contributed by atoms with E-state index in [0.717, 1.165) is 19.3 Å². The summed E-state index contributed by atoms with van der Waals surface area (Å²) in [6.45, 7) is 2.14. The SMILES string of the molecule is CCCCC1(I)N=NN=N1. The summed E-state index contributed by atoms with van der Waals surface area (Å²) < 4.78 is -0.367. The zero-order chi connectivity index (χ0) is 7.45. The standard InChI is InChI=1S/C5H9IN4/c1-2-3-4-5(6)7-9-10-8-5/h2-4H2,1H3. The van der Waals surface area contributed by atoms with Crippen molar-refractivity contribution in [3.63, 3.8) is 0 Å². The molecule has 5 heteroatoms. The van der Waals surface area contributed by atoms with Crippen LogP contribution in [0.1, 0.15) is 26.2 Å². The Kier molecular flexibility index (Phi) is 2.70. The molecule has 0 spiro atoms. The van der Waals surface area contributed by atoms with Crippen LogP contribution < -0.4 is 0 Å². The van der Waals surface area contributed by atoms with Crippen molar-refractivity contribution in [3.8, 4) is 0 Å². The zero-order valence-electron chi connectivity index (χ0n) is 5.79. The Balaban J connectivity index is 2.38. The molecule has 1 heterocycles. The lowest BCUT2D eigenvalue weighted by molar-refractivity contribution is 0.572. The highest BCUT2D eigenvalue weighted by Gasteiger charge is 2.27. The van der Waals surface area contributed by atoms with Crippen LogP contribution in [0.4, 0.5) is 0 Å². The van der Waals surface area contributed by atoms with Crippen LogP contribution in [-0.2, 0) is 0 Å². The topological polar surface area (TPSA) is 49.4 Å². The fourth-order valence-electron chi connectivity index (χ4n) is 0.699. The number of unbranched alkanes of at least 4 members (excludes halogenated alkanes) is 1. The Morgan fingerprint density at radius 3 is 2.40 bits per heavy atom. The molecule has 1 aliphatic heterocycles. The molecule has 1 rings (SSSR count). The molecule has 0 fully saturated rings. The van der Waals surface area contributed by atoms with Gasteiger partial charge in [-0.15, -0.1) is 10.2 Å². The Morgan fingerprint density at radius 1 is 1.30 bits per heavy atom. The van der Waals surface area contributed by atoms with Gasteiger partial charge in [0.05, 0.1) is 0 Å². The minimum atomic E-state index is -0.367. The van der Waals surface area contributed by atoms with E-state index in [0.29, 0.717) is 0 Å². The van der Waals surface area contributed by atoms with Crippen molar-refractivity contribution in [1.29, 1.82) is 0 Å². The lowest BCUT2D eigenvalue weighted by atomic mass is 10.2. The molecule has 10 heavy (non-hydrogen) atoms. The third kappa shape index (κ3) is 1.96. The average Bonchev–Trinajstić information content (AvgIpc) is 2.33. The van der Waals surface area contributed by atoms with E-state index in [-0.39, 0.29) is 3.67 Å². The first-order valence-electron chi connectivity index (χ1n) is 3.30. The second-order valence-corrected chi connectivity index (χ2v) is 3.93. The third-order valence-electron chi connectivity index (χ3n) is 1.28. The fraction of sp³-hybridized carbons (Fsp3) is 1.00. The molecule has 0 aromatic rings. The molecule has 0 aromatic heterocycles. The summed E-state index contributed by atoms with van der Waals surface area (Å²) in [4.78, 5) is 0. The first-order valence-corrected chi connectivity index (χ1v) is 4.38. The van der Waals surface area contributed by atoms with E-state index in [1.165, 1.54) is 0 Å². The maximum Gasteiger partial charge on any atom is 0.244 e. The van der Waals surface area contributed by atoms with Gasteiger partial charge in [0, 0.05) is 6.42 Å². The number of halogens is 1. The van der Waals surface area contributed by atoms with E-state index in [1.54, 1.807) is 0 Å². The van der Waals surface area contributed by atoms with Crippen molar-refractivity contribution < 1.29 is 0 Å². The lowest BCUT2D eigenvalue weighted by Crippen LogP contribution is -2.09. The van der Waals surface area contributed by atoms with Crippen LogP contribution in [0.15, 0.2) is 20.7 Å². The van der Waals surface area contributed by atoms with Crippen LogP contribution in [0.2, 0.25) is 0 Å². The van der Waals surface area contributed by atoms with Crippen molar-refractivity contribution >= 4 is 22.6 Å². The smallest absolute Gasteiger partial charge is 0.124 e. The molecular formula is C5H9IN4. The molecule has 56 valence electrons. The second-order valence-electron chi connectivity index (χ2n) is 2.20. The highest BCUT2D eigenvalue weighted by atomic mass is 127. The summed E-state index contributed by atoms with van der Waals surface area (Å²) in [7, 11) is 0. The minimum absolute atomic E-state index is 0.367. The average molecular weight is 252 g/mol. The number of alkyl halides is 1. The normalized spacial score (nSPS) is 20.2. The number of nitrogens with zero attached hydrogens (tertiary/aromatic N) is 4. The Hall–Kier alpha value is -0.0700. The molecule has 0 bridgehead atoms. The van der Waals surface area contributed by atoms with Crippen LogP contribution in [0.3, 0.4) is 0 Å². The summed E-state index contributed by atoms with van der Waals surface area (Å²) in [5.74, 6) is 0. The first kappa shape index (κ1) is 8.03. The predicted molar refractivity (Wildman–Crippen MR) is 46.0 cm³/mol. The molecule has 0 saturated heterocycles. The number of hydrogen-bond donors (Lipinski definition) is 0. The van der Waals surface area contributed by atoms with Crippen molar-refractivity contribution in [3.05, 3.63) is 0 Å². The van der Waals surface area contributed by atoms with E-state index in [9.17, 15) is 0 Å². The van der Waals surface area contributed by atoms with Gasteiger partial charge < -0.3 is 0 Å². The Morgan fingerprint density at radius 2 is 1.90 bits per heavy atom. The van der Waals surface area contributed by atoms with Gasteiger partial charge in [-0.05, 0) is 39.5 Å². The molecule has 0 aromatic carbocycles. The summed E-state index contributed by atoms with van der Waals surface area (Å²) in [6, 6.07) is 0. The van der Waals surface area contributed by atoms with Gasteiger partial charge in [0.1, 0.15) is 0 Å². The second kappa shape index (κ2) is 3.36. The van der Waals surface area contributed by atoms with Crippen molar-refractivity contribution in [2.75, 3.05) is 0 Å². The van der Waals surface area contributed by atoms with Crippen LogP contribution in [0, 0.1) is 0 Å². The maximum absolute atomic E-state index is 3.88. The molecule has 0 atom stereocenters. The van der Waals surface area contributed by atoms with Gasteiger partial charge >= 0.3 is 0 Å². The van der Waals surface area contributed by atoms with Crippen LogP contribution in [-0.4, -0.2) is 3.67 Å². The lowest BCUT2D eigenvalue weighted by Gasteiger charge is -2.08. The van der Waals surface area contributed by atoms with E-state index in [2.05, 4.69) is 50.2 Å². The fourth-order valence-corrected chi connectivity index (χ4v) is 1.27. The summed E-state index contributed by atoms with van der Waals surface area (Å²) in [6.07, 6.45) is 3.23. The summed E-state index contributed by atoms with van der Waals surface area (Å²) in [5.41, 5.74) is 0. The molecule has 1 aliphatic rings. The van der Waals surface area contributed by atoms with Gasteiger partial charge in [0.15, 0.2) is 0 Å². The van der Waals surface area contributed by atoms with E-state index >= 15 is 0 Å². The molecule has 0 amide bonds. The highest BCUT2D eigenvalue weighted by Crippen LogP contribution is 2.32. The minimum Gasteiger partial charge on any atom is -0.124 e. The Bertz CT molecular complexity index is 153. The maximum atomic E-state index is 3.88. The molecule has 0 unspecified atom stereocenters. The van der Waals surface area contributed by atoms with Gasteiger partial charge in [0.25, 0.3) is 0 Å². The molecule has 0 aliphatic carbocycles. The molecule has 0 radical (unpaired) electrons. The van der Waals surface area contributed by atoms with Gasteiger partial charge in [-0.1, -0.05) is 13.3 Å². The van der Waals surface area contributed by atoms with Gasteiger partial charge in [-0.2, -0.15) is 0 Å². The predicted octanol–water partition coefficient (Wildman–Crippen LogP) is 3.10. The van der Waals surface area contributed by atoms with E-state index < -0.39 is 0 Å². The van der Waals surface area contributed by atoms with Gasteiger partial charge in [-0.3, -0.25) is 0 Å². The van der Waals surface area contributed by atoms with Crippen molar-refractivity contribution in [2.24, 2.45) is 20.7 Å². The van der Waals surface area contributed by atoms with Crippen LogP contribution >= 0.6 is 22.6 Å². The number of rotatable bonds is 3. The molecular weight excluding hydrogens is 243 g/mol. The molecule has 0 N–H and O–H groups in total. The number of hydrogen-bond acceptors (Lipinski definition) is 4. The molecule has 4 nitrogen and oxygen atoms in total. The monoisotopic (exact) mass is 252 g/mol. The quantitative estimate of drug-likeness (QED) is 0.421. The summed E-state index contributed by atoms with van der Waals surface area (Å²) >= 11 is 2.17. The van der Waals surface area contributed by atoms with Crippen LogP contribution in [0.25, 0.3) is 0 Å². The largest absolute Gasteiger partial charge is 0.244 e. The first-order chi connectivity index (χ1) is 4.77. The van der Waals surface area contributed by atoms with Gasteiger partial charge in [-0.25, -0.2) is 0 Å². The molecule has 0 saturated carbocycles. The van der Waals surface area contributed by atoms with Crippen molar-refractivity contribution in [2.45, 2.75) is 29.9 Å². The van der Waals surface area contributed by atoms with Crippen molar-refractivity contribution in [1.82, 2.24) is 0 Å². The third-order valence-corrected chi connectivity index (χ3v) is 2.26. The van der Waals surface area contributed by atoms with Gasteiger partial charge in [0.2, 0.25) is 3.67 Å². The van der Waals surface area contributed by atoms with Crippen LogP contribution in [0.5, 0.6) is 0 Å². The van der Waals surface area contributed by atoms with E-state index in [1.807, 2.05) is 0 Å². The zero-order valence-corrected chi connectivity index (χ0v) is 7.95.